The van der Waals surface area contributed by atoms with Crippen LogP contribution in [0.4, 0.5) is 0 Å². The minimum Gasteiger partial charge on any atom is -0.496 e. The minimum absolute atomic E-state index is 0.194. The maximum Gasteiger partial charge on any atom is 0.206 e. The van der Waals surface area contributed by atoms with Gasteiger partial charge < -0.3 is 4.74 Å². The molecule has 0 spiro atoms. The zero-order valence-electron chi connectivity index (χ0n) is 16.0. The summed E-state index contributed by atoms with van der Waals surface area (Å²) in [5, 5.41) is 6.75. The summed E-state index contributed by atoms with van der Waals surface area (Å²) in [5.41, 5.74) is 3.10. The number of allylic oxidation sites excluding steroid dienone is 1. The van der Waals surface area contributed by atoms with E-state index in [0.717, 1.165) is 31.8 Å². The largest absolute Gasteiger partial charge is 0.496 e. The fourth-order valence-corrected chi connectivity index (χ4v) is 3.99. The number of hydrogen-bond acceptors (Lipinski definition) is 4. The Labute approximate surface area is 177 Å². The summed E-state index contributed by atoms with van der Waals surface area (Å²) in [7, 11) is 1.67. The Morgan fingerprint density at radius 1 is 1.14 bits per heavy atom. The van der Waals surface area contributed by atoms with E-state index in [-0.39, 0.29) is 6.04 Å². The van der Waals surface area contributed by atoms with Gasteiger partial charge in [-0.05, 0) is 44.2 Å². The van der Waals surface area contributed by atoms with E-state index in [1.807, 2.05) is 53.2 Å². The van der Waals surface area contributed by atoms with Gasteiger partial charge in [0.1, 0.15) is 5.75 Å². The van der Waals surface area contributed by atoms with E-state index in [1.54, 1.807) is 24.7 Å². The van der Waals surface area contributed by atoms with Crippen LogP contribution in [0.5, 0.6) is 5.75 Å². The fourth-order valence-electron chi connectivity index (χ4n) is 2.62. The second-order valence-electron chi connectivity index (χ2n) is 6.31. The maximum absolute atomic E-state index is 5.38. The number of para-hydroxylation sites is 1. The number of thiazole rings is 1. The van der Waals surface area contributed by atoms with E-state index in [1.165, 1.54) is 0 Å². The van der Waals surface area contributed by atoms with E-state index < -0.39 is 0 Å². The average Bonchev–Trinajstić information content (AvgIpc) is 3.07. The van der Waals surface area contributed by atoms with Crippen molar-refractivity contribution >= 4 is 39.6 Å². The van der Waals surface area contributed by atoms with Crippen LogP contribution in [0.2, 0.25) is 0 Å². The number of aromatic nitrogens is 1. The van der Waals surface area contributed by atoms with E-state index in [2.05, 4.69) is 52.4 Å². The highest BCUT2D eigenvalue weighted by atomic mass is 79.9. The number of rotatable bonds is 6. The molecule has 0 unspecified atom stereocenters. The smallest absolute Gasteiger partial charge is 0.206 e. The summed E-state index contributed by atoms with van der Waals surface area (Å²) in [6, 6.07) is 16.3. The highest BCUT2D eigenvalue weighted by Gasteiger charge is 2.08. The van der Waals surface area contributed by atoms with Crippen molar-refractivity contribution in [3.63, 3.8) is 0 Å². The van der Waals surface area contributed by atoms with E-state index >= 15 is 0 Å². The third-order valence-corrected chi connectivity index (χ3v) is 5.18. The molecule has 1 heterocycles. The summed E-state index contributed by atoms with van der Waals surface area (Å²) in [5.74, 6) is 0.834. The van der Waals surface area contributed by atoms with Gasteiger partial charge in [-0.15, -0.1) is 11.3 Å². The van der Waals surface area contributed by atoms with Crippen molar-refractivity contribution in [3.05, 3.63) is 74.8 Å². The Kier molecular flexibility index (Phi) is 7.01. The molecule has 0 N–H and O–H groups in total. The lowest BCUT2D eigenvalue weighted by molar-refractivity contribution is 0.414. The van der Waals surface area contributed by atoms with Gasteiger partial charge in [-0.1, -0.05) is 46.3 Å². The molecule has 1 aromatic heterocycles. The molecule has 0 amide bonds. The number of halogens is 1. The van der Waals surface area contributed by atoms with Crippen LogP contribution < -0.4 is 9.54 Å². The normalized spacial score (nSPS) is 12.5. The van der Waals surface area contributed by atoms with E-state index in [9.17, 15) is 0 Å². The Bertz CT molecular complexity index is 1060. The highest BCUT2D eigenvalue weighted by molar-refractivity contribution is 9.10. The fraction of sp³-hybridized carbons (Fsp3) is 0.182. The SMILES string of the molecule is COc1ccccc1/C=C/C=N/n1c(-c2cccc(Br)c2)csc1=NC(C)C. The lowest BCUT2D eigenvalue weighted by atomic mass is 10.2. The molecule has 0 bridgehead atoms. The molecule has 0 saturated carbocycles. The van der Waals surface area contributed by atoms with Crippen molar-refractivity contribution in [2.45, 2.75) is 19.9 Å². The molecule has 0 aliphatic heterocycles. The van der Waals surface area contributed by atoms with Crippen molar-refractivity contribution in [1.29, 1.82) is 0 Å². The van der Waals surface area contributed by atoms with Crippen molar-refractivity contribution in [2.75, 3.05) is 7.11 Å². The van der Waals surface area contributed by atoms with Crippen LogP contribution in [0.3, 0.4) is 0 Å². The zero-order valence-corrected chi connectivity index (χ0v) is 18.4. The van der Waals surface area contributed by atoms with E-state index in [4.69, 9.17) is 9.73 Å². The first-order valence-corrected chi connectivity index (χ1v) is 10.6. The monoisotopic (exact) mass is 455 g/mol. The highest BCUT2D eigenvalue weighted by Crippen LogP contribution is 2.23. The summed E-state index contributed by atoms with van der Waals surface area (Å²) in [4.78, 5) is 5.57. The van der Waals surface area contributed by atoms with Gasteiger partial charge in [0.15, 0.2) is 0 Å². The first-order valence-electron chi connectivity index (χ1n) is 8.93. The number of hydrogen-bond donors (Lipinski definition) is 0. The molecule has 3 rings (SSSR count). The molecule has 6 heteroatoms. The molecule has 2 aromatic carbocycles. The first-order chi connectivity index (χ1) is 13.6. The third kappa shape index (κ3) is 5.09. The molecule has 0 fully saturated rings. The van der Waals surface area contributed by atoms with Crippen LogP contribution in [0.25, 0.3) is 17.3 Å². The van der Waals surface area contributed by atoms with Crippen LogP contribution >= 0.6 is 27.3 Å². The molecular weight excluding hydrogens is 434 g/mol. The van der Waals surface area contributed by atoms with Gasteiger partial charge >= 0.3 is 0 Å². The second-order valence-corrected chi connectivity index (χ2v) is 8.07. The number of nitrogens with zero attached hydrogens (tertiary/aromatic N) is 3. The lowest BCUT2D eigenvalue weighted by Gasteiger charge is -2.04. The Morgan fingerprint density at radius 3 is 2.71 bits per heavy atom. The molecule has 0 aliphatic rings. The molecule has 144 valence electrons. The zero-order chi connectivity index (χ0) is 19.9. The van der Waals surface area contributed by atoms with Gasteiger partial charge in [-0.3, -0.25) is 4.99 Å². The predicted molar refractivity (Wildman–Crippen MR) is 122 cm³/mol. The molecular formula is C22H22BrN3OS. The predicted octanol–water partition coefficient (Wildman–Crippen LogP) is 5.84. The quantitative estimate of drug-likeness (QED) is 0.429. The van der Waals surface area contributed by atoms with Crippen molar-refractivity contribution < 1.29 is 4.74 Å². The van der Waals surface area contributed by atoms with Gasteiger partial charge in [0.2, 0.25) is 4.80 Å². The molecule has 0 atom stereocenters. The number of ether oxygens (including phenoxy) is 1. The van der Waals surface area contributed by atoms with E-state index in [0.29, 0.717) is 0 Å². The van der Waals surface area contributed by atoms with Crippen molar-refractivity contribution in [1.82, 2.24) is 4.68 Å². The van der Waals surface area contributed by atoms with Gasteiger partial charge in [0, 0.05) is 33.2 Å². The van der Waals surface area contributed by atoms with Gasteiger partial charge in [-0.2, -0.15) is 5.10 Å². The summed E-state index contributed by atoms with van der Waals surface area (Å²) in [6.07, 6.45) is 5.67. The summed E-state index contributed by atoms with van der Waals surface area (Å²) >= 11 is 5.13. The molecule has 0 aliphatic carbocycles. The molecule has 4 nitrogen and oxygen atoms in total. The summed E-state index contributed by atoms with van der Waals surface area (Å²) in [6.45, 7) is 4.13. The van der Waals surface area contributed by atoms with Crippen LogP contribution in [-0.2, 0) is 0 Å². The minimum atomic E-state index is 0.194. The topological polar surface area (TPSA) is 38.9 Å². The molecule has 0 radical (unpaired) electrons. The average molecular weight is 456 g/mol. The number of methoxy groups -OCH3 is 1. The first kappa shape index (κ1) is 20.3. The molecule has 28 heavy (non-hydrogen) atoms. The number of benzene rings is 2. The Morgan fingerprint density at radius 2 is 1.96 bits per heavy atom. The van der Waals surface area contributed by atoms with Crippen LogP contribution in [0.15, 0.2) is 74.6 Å². The lowest BCUT2D eigenvalue weighted by Crippen LogP contribution is -2.14. The van der Waals surface area contributed by atoms with Crippen LogP contribution in [0, 0.1) is 0 Å². The van der Waals surface area contributed by atoms with Crippen LogP contribution in [-0.4, -0.2) is 24.0 Å². The van der Waals surface area contributed by atoms with Crippen LogP contribution in [0.1, 0.15) is 19.4 Å². The van der Waals surface area contributed by atoms with Crippen molar-refractivity contribution in [2.24, 2.45) is 10.1 Å². The third-order valence-electron chi connectivity index (χ3n) is 3.86. The standard InChI is InChI=1S/C22H22BrN3OS/c1-16(2)25-22-26(20(15-28-22)18-9-6-11-19(23)14-18)24-13-7-10-17-8-4-5-12-21(17)27-3/h4-16H,1-3H3/b10-7+,24-13+,25-22?. The Hall–Kier alpha value is -2.44. The summed E-state index contributed by atoms with van der Waals surface area (Å²) < 4.78 is 8.30. The molecule has 0 saturated heterocycles. The second kappa shape index (κ2) is 9.66. The van der Waals surface area contributed by atoms with Gasteiger partial charge in [0.25, 0.3) is 0 Å². The van der Waals surface area contributed by atoms with Crippen molar-refractivity contribution in [3.8, 4) is 17.0 Å². The van der Waals surface area contributed by atoms with Gasteiger partial charge in [0.05, 0.1) is 12.8 Å². The maximum atomic E-state index is 5.38. The molecule has 3 aromatic rings. The van der Waals surface area contributed by atoms with Gasteiger partial charge in [-0.25, -0.2) is 4.68 Å². The Balaban J connectivity index is 1.96.